The first kappa shape index (κ1) is 12.8. The number of amides is 1. The predicted molar refractivity (Wildman–Crippen MR) is 51.0 cm³/mol. The standard InChI is InChI=1S/C6H6N2O3.C2H5NO/c9-5-1-2-7-4-8(5)3-6(10)11;1-2(3)4/h1-2,4H,3H2,(H,10,11);1H3,(H2,3,4). The van der Waals surface area contributed by atoms with E-state index >= 15 is 0 Å². The Hall–Kier alpha value is -2.18. The van der Waals surface area contributed by atoms with Crippen LogP contribution in [-0.2, 0) is 16.1 Å². The van der Waals surface area contributed by atoms with Crippen LogP contribution in [0.3, 0.4) is 0 Å². The minimum atomic E-state index is -1.06. The molecule has 0 bridgehead atoms. The molecule has 0 aliphatic heterocycles. The van der Waals surface area contributed by atoms with Gasteiger partial charge in [0.15, 0.2) is 0 Å². The van der Waals surface area contributed by atoms with Crippen molar-refractivity contribution >= 4 is 11.9 Å². The Bertz CT molecular complexity index is 395. The van der Waals surface area contributed by atoms with Gasteiger partial charge in [-0.25, -0.2) is 4.98 Å². The van der Waals surface area contributed by atoms with Gasteiger partial charge in [-0.15, -0.1) is 0 Å². The number of carbonyl (C=O) groups excluding carboxylic acids is 1. The smallest absolute Gasteiger partial charge is 0.323 e. The number of carbonyl (C=O) groups is 2. The molecule has 15 heavy (non-hydrogen) atoms. The van der Waals surface area contributed by atoms with E-state index in [0.29, 0.717) is 0 Å². The highest BCUT2D eigenvalue weighted by Crippen LogP contribution is 1.76. The second-order valence-corrected chi connectivity index (χ2v) is 2.55. The van der Waals surface area contributed by atoms with E-state index < -0.39 is 5.97 Å². The summed E-state index contributed by atoms with van der Waals surface area (Å²) in [7, 11) is 0. The summed E-state index contributed by atoms with van der Waals surface area (Å²) in [5.74, 6) is -1.39. The number of nitrogens with two attached hydrogens (primary N) is 1. The zero-order valence-corrected chi connectivity index (χ0v) is 8.08. The molecule has 1 heterocycles. The Morgan fingerprint density at radius 3 is 2.53 bits per heavy atom. The van der Waals surface area contributed by atoms with Gasteiger partial charge in [-0.3, -0.25) is 19.0 Å². The number of aromatic nitrogens is 2. The number of nitrogens with zero attached hydrogens (tertiary/aromatic N) is 2. The third kappa shape index (κ3) is 6.94. The fourth-order valence-electron chi connectivity index (χ4n) is 0.643. The van der Waals surface area contributed by atoms with Gasteiger partial charge in [0.2, 0.25) is 5.91 Å². The Balaban J connectivity index is 0.000000423. The summed E-state index contributed by atoms with van der Waals surface area (Å²) < 4.78 is 1.02. The van der Waals surface area contributed by atoms with Crippen LogP contribution in [0.15, 0.2) is 23.4 Å². The van der Waals surface area contributed by atoms with Gasteiger partial charge in [0.1, 0.15) is 6.54 Å². The highest BCUT2D eigenvalue weighted by atomic mass is 16.4. The molecule has 7 heteroatoms. The lowest BCUT2D eigenvalue weighted by Crippen LogP contribution is -2.22. The van der Waals surface area contributed by atoms with Gasteiger partial charge < -0.3 is 10.8 Å². The van der Waals surface area contributed by atoms with Crippen LogP contribution < -0.4 is 11.3 Å². The zero-order valence-electron chi connectivity index (χ0n) is 8.08. The summed E-state index contributed by atoms with van der Waals surface area (Å²) in [6.45, 7) is 0.965. The van der Waals surface area contributed by atoms with Crippen molar-refractivity contribution in [3.8, 4) is 0 Å². The molecule has 0 spiro atoms. The van der Waals surface area contributed by atoms with E-state index in [1.54, 1.807) is 0 Å². The predicted octanol–water partition coefficient (Wildman–Crippen LogP) is -1.18. The topological polar surface area (TPSA) is 115 Å². The Labute approximate surface area is 85.2 Å². The highest BCUT2D eigenvalue weighted by Gasteiger charge is 1.98. The van der Waals surface area contributed by atoms with Gasteiger partial charge in [-0.1, -0.05) is 0 Å². The molecule has 1 aromatic rings. The first-order valence-corrected chi connectivity index (χ1v) is 3.91. The monoisotopic (exact) mass is 213 g/mol. The van der Waals surface area contributed by atoms with Crippen LogP contribution in [0.4, 0.5) is 0 Å². The zero-order chi connectivity index (χ0) is 11.8. The van der Waals surface area contributed by atoms with Crippen LogP contribution in [0.5, 0.6) is 0 Å². The molecule has 0 saturated heterocycles. The van der Waals surface area contributed by atoms with Crippen molar-refractivity contribution < 1.29 is 14.7 Å². The molecule has 82 valence electrons. The number of hydrogen-bond donors (Lipinski definition) is 2. The maximum atomic E-state index is 10.8. The van der Waals surface area contributed by atoms with Gasteiger partial charge in [-0.05, 0) is 0 Å². The summed E-state index contributed by atoms with van der Waals surface area (Å²) in [6.07, 6.45) is 2.51. The summed E-state index contributed by atoms with van der Waals surface area (Å²) in [4.78, 5) is 33.8. The van der Waals surface area contributed by atoms with Gasteiger partial charge >= 0.3 is 5.97 Å². The van der Waals surface area contributed by atoms with Gasteiger partial charge in [-0.2, -0.15) is 0 Å². The molecule has 1 amide bonds. The van der Waals surface area contributed by atoms with E-state index in [-0.39, 0.29) is 18.0 Å². The van der Waals surface area contributed by atoms with Crippen LogP contribution in [0.2, 0.25) is 0 Å². The first-order chi connectivity index (χ1) is 6.93. The van der Waals surface area contributed by atoms with Crippen molar-refractivity contribution in [2.45, 2.75) is 13.5 Å². The van der Waals surface area contributed by atoms with Gasteiger partial charge in [0, 0.05) is 19.2 Å². The molecule has 0 aromatic carbocycles. The van der Waals surface area contributed by atoms with Crippen LogP contribution >= 0.6 is 0 Å². The SMILES string of the molecule is CC(N)=O.O=C(O)Cn1cnccc1=O. The molecule has 0 fully saturated rings. The van der Waals surface area contributed by atoms with Crippen LogP contribution in [0.25, 0.3) is 0 Å². The fourth-order valence-corrected chi connectivity index (χ4v) is 0.643. The van der Waals surface area contributed by atoms with Crippen molar-refractivity contribution in [2.24, 2.45) is 5.73 Å². The van der Waals surface area contributed by atoms with Crippen LogP contribution in [0.1, 0.15) is 6.92 Å². The number of carboxylic acids is 1. The first-order valence-electron chi connectivity index (χ1n) is 3.91. The van der Waals surface area contributed by atoms with E-state index in [1.165, 1.54) is 25.5 Å². The maximum absolute atomic E-state index is 10.8. The molecule has 7 nitrogen and oxygen atoms in total. The maximum Gasteiger partial charge on any atom is 0.323 e. The van der Waals surface area contributed by atoms with Crippen molar-refractivity contribution in [1.29, 1.82) is 0 Å². The van der Waals surface area contributed by atoms with Crippen molar-refractivity contribution in [1.82, 2.24) is 9.55 Å². The van der Waals surface area contributed by atoms with Crippen LogP contribution in [0, 0.1) is 0 Å². The Kier molecular flexibility index (Phi) is 5.38. The third-order valence-corrected chi connectivity index (χ3v) is 1.10. The quantitative estimate of drug-likeness (QED) is 0.641. The Morgan fingerprint density at radius 2 is 2.13 bits per heavy atom. The van der Waals surface area contributed by atoms with E-state index in [1.807, 2.05) is 0 Å². The second-order valence-electron chi connectivity index (χ2n) is 2.55. The van der Waals surface area contributed by atoms with Crippen molar-refractivity contribution in [3.05, 3.63) is 28.9 Å². The summed E-state index contributed by atoms with van der Waals surface area (Å²) in [6, 6.07) is 1.21. The molecule has 1 aromatic heterocycles. The van der Waals surface area contributed by atoms with E-state index in [9.17, 15) is 14.4 Å². The molecule has 1 rings (SSSR count). The number of carboxylic acid groups (broad SMARTS) is 1. The van der Waals surface area contributed by atoms with Gasteiger partial charge in [0.05, 0.1) is 6.33 Å². The second kappa shape index (κ2) is 6.30. The molecular formula is C8H11N3O4. The van der Waals surface area contributed by atoms with E-state index in [0.717, 1.165) is 4.57 Å². The normalized spacial score (nSPS) is 8.60. The van der Waals surface area contributed by atoms with Gasteiger partial charge in [0.25, 0.3) is 5.56 Å². The summed E-state index contributed by atoms with van der Waals surface area (Å²) in [5.41, 5.74) is 4.11. The highest BCUT2D eigenvalue weighted by molar-refractivity contribution is 5.70. The largest absolute Gasteiger partial charge is 0.480 e. The lowest BCUT2D eigenvalue weighted by Gasteiger charge is -1.97. The summed E-state index contributed by atoms with van der Waals surface area (Å²) in [5, 5.41) is 8.30. The minimum Gasteiger partial charge on any atom is -0.480 e. The number of aliphatic carboxylic acids is 1. The lowest BCUT2D eigenvalue weighted by molar-refractivity contribution is -0.137. The lowest BCUT2D eigenvalue weighted by atomic mass is 10.6. The molecule has 3 N–H and O–H groups in total. The summed E-state index contributed by atoms with van der Waals surface area (Å²) >= 11 is 0. The van der Waals surface area contributed by atoms with Crippen molar-refractivity contribution in [2.75, 3.05) is 0 Å². The van der Waals surface area contributed by atoms with Crippen molar-refractivity contribution in [3.63, 3.8) is 0 Å². The molecule has 0 radical (unpaired) electrons. The molecule has 0 saturated carbocycles. The minimum absolute atomic E-state index is 0.333. The third-order valence-electron chi connectivity index (χ3n) is 1.10. The molecule has 0 aliphatic carbocycles. The average molecular weight is 213 g/mol. The van der Waals surface area contributed by atoms with E-state index in [2.05, 4.69) is 10.7 Å². The van der Waals surface area contributed by atoms with Crippen LogP contribution in [-0.4, -0.2) is 26.5 Å². The average Bonchev–Trinajstić information content (AvgIpc) is 2.07. The molecule has 0 unspecified atom stereocenters. The Morgan fingerprint density at radius 1 is 1.60 bits per heavy atom. The fraction of sp³-hybridized carbons (Fsp3) is 0.250. The van der Waals surface area contributed by atoms with E-state index in [4.69, 9.17) is 5.11 Å². The molecular weight excluding hydrogens is 202 g/mol. The number of rotatable bonds is 2. The molecule has 0 atom stereocenters. The molecule has 0 aliphatic rings. The number of primary amides is 1. The number of hydrogen-bond acceptors (Lipinski definition) is 4.